The molecule has 3 N–H and O–H groups in total. The SMILES string of the molecule is CCOc1cc(C(=O)NN)ccc1OCc1ccccc1. The number of benzene rings is 2. The van der Waals surface area contributed by atoms with Crippen molar-refractivity contribution in [2.24, 2.45) is 5.84 Å². The van der Waals surface area contributed by atoms with Gasteiger partial charge in [-0.1, -0.05) is 30.3 Å². The molecule has 2 aromatic carbocycles. The maximum atomic E-state index is 11.5. The van der Waals surface area contributed by atoms with Gasteiger partial charge in [-0.3, -0.25) is 10.2 Å². The van der Waals surface area contributed by atoms with E-state index in [0.29, 0.717) is 30.3 Å². The van der Waals surface area contributed by atoms with Gasteiger partial charge in [-0.05, 0) is 30.7 Å². The number of nitrogens with two attached hydrogens (primary N) is 1. The van der Waals surface area contributed by atoms with Crippen molar-refractivity contribution in [2.75, 3.05) is 6.61 Å². The van der Waals surface area contributed by atoms with Gasteiger partial charge >= 0.3 is 0 Å². The molecule has 0 atom stereocenters. The monoisotopic (exact) mass is 286 g/mol. The normalized spacial score (nSPS) is 10.0. The lowest BCUT2D eigenvalue weighted by atomic mass is 10.2. The Labute approximate surface area is 123 Å². The molecule has 0 aliphatic carbocycles. The van der Waals surface area contributed by atoms with E-state index in [0.717, 1.165) is 5.56 Å². The molecule has 21 heavy (non-hydrogen) atoms. The number of ether oxygens (including phenoxy) is 2. The highest BCUT2D eigenvalue weighted by atomic mass is 16.5. The van der Waals surface area contributed by atoms with Gasteiger partial charge < -0.3 is 9.47 Å². The third-order valence-electron chi connectivity index (χ3n) is 2.87. The smallest absolute Gasteiger partial charge is 0.265 e. The van der Waals surface area contributed by atoms with E-state index < -0.39 is 0 Å². The molecule has 110 valence electrons. The fourth-order valence-electron chi connectivity index (χ4n) is 1.86. The zero-order chi connectivity index (χ0) is 15.1. The fraction of sp³-hybridized carbons (Fsp3) is 0.188. The predicted molar refractivity (Wildman–Crippen MR) is 80.0 cm³/mol. The van der Waals surface area contributed by atoms with E-state index >= 15 is 0 Å². The number of hydrogen-bond donors (Lipinski definition) is 2. The molecular weight excluding hydrogens is 268 g/mol. The summed E-state index contributed by atoms with van der Waals surface area (Å²) in [5.41, 5.74) is 3.58. The van der Waals surface area contributed by atoms with E-state index in [-0.39, 0.29) is 5.91 Å². The van der Waals surface area contributed by atoms with Crippen molar-refractivity contribution >= 4 is 5.91 Å². The number of nitrogen functional groups attached to an aromatic ring is 1. The zero-order valence-electron chi connectivity index (χ0n) is 11.8. The van der Waals surface area contributed by atoms with Crippen molar-refractivity contribution in [3.8, 4) is 11.5 Å². The molecule has 0 aliphatic rings. The first-order valence-corrected chi connectivity index (χ1v) is 6.69. The zero-order valence-corrected chi connectivity index (χ0v) is 11.8. The third kappa shape index (κ3) is 3.97. The summed E-state index contributed by atoms with van der Waals surface area (Å²) < 4.78 is 11.3. The first kappa shape index (κ1) is 14.9. The van der Waals surface area contributed by atoms with Crippen LogP contribution in [0.1, 0.15) is 22.8 Å². The number of carbonyl (C=O) groups is 1. The minimum atomic E-state index is -0.370. The van der Waals surface area contributed by atoms with Crippen LogP contribution in [0.5, 0.6) is 11.5 Å². The van der Waals surface area contributed by atoms with Crippen LogP contribution in [0.2, 0.25) is 0 Å². The Morgan fingerprint density at radius 1 is 1.10 bits per heavy atom. The summed E-state index contributed by atoms with van der Waals surface area (Å²) in [7, 11) is 0. The van der Waals surface area contributed by atoms with Gasteiger partial charge in [0.2, 0.25) is 0 Å². The van der Waals surface area contributed by atoms with Crippen LogP contribution in [0.3, 0.4) is 0 Å². The van der Waals surface area contributed by atoms with Crippen molar-refractivity contribution < 1.29 is 14.3 Å². The average Bonchev–Trinajstić information content (AvgIpc) is 2.54. The summed E-state index contributed by atoms with van der Waals surface area (Å²) in [5.74, 6) is 5.87. The molecule has 1 amide bonds. The lowest BCUT2D eigenvalue weighted by Gasteiger charge is -2.13. The van der Waals surface area contributed by atoms with Crippen molar-refractivity contribution in [1.29, 1.82) is 0 Å². The first-order chi connectivity index (χ1) is 10.2. The number of amides is 1. The van der Waals surface area contributed by atoms with Crippen LogP contribution >= 0.6 is 0 Å². The van der Waals surface area contributed by atoms with Crippen LogP contribution in [0.15, 0.2) is 48.5 Å². The lowest BCUT2D eigenvalue weighted by molar-refractivity contribution is 0.0953. The molecule has 0 spiro atoms. The highest BCUT2D eigenvalue weighted by Gasteiger charge is 2.11. The molecule has 0 aliphatic heterocycles. The van der Waals surface area contributed by atoms with Gasteiger partial charge in [0.1, 0.15) is 6.61 Å². The van der Waals surface area contributed by atoms with E-state index in [1.165, 1.54) is 0 Å². The molecule has 5 nitrogen and oxygen atoms in total. The molecule has 0 unspecified atom stereocenters. The maximum Gasteiger partial charge on any atom is 0.265 e. The predicted octanol–water partition coefficient (Wildman–Crippen LogP) is 2.27. The molecule has 0 saturated carbocycles. The summed E-state index contributed by atoms with van der Waals surface area (Å²) >= 11 is 0. The van der Waals surface area contributed by atoms with Gasteiger partial charge in [-0.2, -0.15) is 0 Å². The maximum absolute atomic E-state index is 11.5. The summed E-state index contributed by atoms with van der Waals surface area (Å²) in [6, 6.07) is 14.8. The van der Waals surface area contributed by atoms with Crippen LogP contribution in [0.25, 0.3) is 0 Å². The second kappa shape index (κ2) is 7.31. The number of carbonyl (C=O) groups excluding carboxylic acids is 1. The standard InChI is InChI=1S/C16H18N2O3/c1-2-20-15-10-13(16(19)18-17)8-9-14(15)21-11-12-6-4-3-5-7-12/h3-10H,2,11,17H2,1H3,(H,18,19). The van der Waals surface area contributed by atoms with Crippen molar-refractivity contribution in [2.45, 2.75) is 13.5 Å². The van der Waals surface area contributed by atoms with E-state index in [4.69, 9.17) is 15.3 Å². The van der Waals surface area contributed by atoms with Crippen LogP contribution in [0, 0.1) is 0 Å². The average molecular weight is 286 g/mol. The highest BCUT2D eigenvalue weighted by molar-refractivity contribution is 5.94. The van der Waals surface area contributed by atoms with Gasteiger partial charge in [-0.25, -0.2) is 5.84 Å². The molecule has 0 heterocycles. The largest absolute Gasteiger partial charge is 0.490 e. The molecule has 0 fully saturated rings. The molecule has 2 rings (SSSR count). The van der Waals surface area contributed by atoms with E-state index in [1.807, 2.05) is 37.3 Å². The fourth-order valence-corrected chi connectivity index (χ4v) is 1.86. The molecule has 0 radical (unpaired) electrons. The highest BCUT2D eigenvalue weighted by Crippen LogP contribution is 2.29. The third-order valence-corrected chi connectivity index (χ3v) is 2.87. The minimum Gasteiger partial charge on any atom is -0.490 e. The number of rotatable bonds is 6. The Balaban J connectivity index is 2.16. The lowest BCUT2D eigenvalue weighted by Crippen LogP contribution is -2.29. The first-order valence-electron chi connectivity index (χ1n) is 6.69. The molecule has 0 saturated heterocycles. The molecular formula is C16H18N2O3. The Morgan fingerprint density at radius 3 is 2.52 bits per heavy atom. The van der Waals surface area contributed by atoms with Gasteiger partial charge in [-0.15, -0.1) is 0 Å². The second-order valence-electron chi connectivity index (χ2n) is 4.34. The summed E-state index contributed by atoms with van der Waals surface area (Å²) in [5, 5.41) is 0. The Hall–Kier alpha value is -2.53. The minimum absolute atomic E-state index is 0.370. The van der Waals surface area contributed by atoms with Crippen molar-refractivity contribution in [3.05, 3.63) is 59.7 Å². The van der Waals surface area contributed by atoms with Crippen LogP contribution in [0.4, 0.5) is 0 Å². The quantitative estimate of drug-likeness (QED) is 0.485. The number of hydrazine groups is 1. The summed E-state index contributed by atoms with van der Waals surface area (Å²) in [4.78, 5) is 11.5. The summed E-state index contributed by atoms with van der Waals surface area (Å²) in [6.07, 6.45) is 0. The topological polar surface area (TPSA) is 73.6 Å². The molecule has 2 aromatic rings. The molecule has 0 aromatic heterocycles. The van der Waals surface area contributed by atoms with Crippen molar-refractivity contribution in [3.63, 3.8) is 0 Å². The van der Waals surface area contributed by atoms with E-state index in [1.54, 1.807) is 18.2 Å². The van der Waals surface area contributed by atoms with Gasteiger partial charge in [0.25, 0.3) is 5.91 Å². The number of nitrogens with one attached hydrogen (secondary N) is 1. The molecule has 0 bridgehead atoms. The van der Waals surface area contributed by atoms with Gasteiger partial charge in [0, 0.05) is 5.56 Å². The van der Waals surface area contributed by atoms with Crippen LogP contribution in [-0.2, 0) is 6.61 Å². The van der Waals surface area contributed by atoms with Crippen LogP contribution in [-0.4, -0.2) is 12.5 Å². The Bertz CT molecular complexity index is 600. The van der Waals surface area contributed by atoms with Gasteiger partial charge in [0.15, 0.2) is 11.5 Å². The van der Waals surface area contributed by atoms with E-state index in [9.17, 15) is 4.79 Å². The van der Waals surface area contributed by atoms with Crippen LogP contribution < -0.4 is 20.7 Å². The summed E-state index contributed by atoms with van der Waals surface area (Å²) in [6.45, 7) is 2.79. The Kier molecular flexibility index (Phi) is 5.17. The second-order valence-corrected chi connectivity index (χ2v) is 4.34. The van der Waals surface area contributed by atoms with Crippen molar-refractivity contribution in [1.82, 2.24) is 5.43 Å². The van der Waals surface area contributed by atoms with E-state index in [2.05, 4.69) is 5.43 Å². The Morgan fingerprint density at radius 2 is 1.86 bits per heavy atom. The molecule has 5 heteroatoms. The number of hydrogen-bond acceptors (Lipinski definition) is 4. The van der Waals surface area contributed by atoms with Gasteiger partial charge in [0.05, 0.1) is 6.61 Å².